The second-order valence-corrected chi connectivity index (χ2v) is 6.05. The van der Waals surface area contributed by atoms with Crippen LogP contribution in [0.3, 0.4) is 0 Å². The van der Waals surface area contributed by atoms with E-state index in [0.29, 0.717) is 24.0 Å². The van der Waals surface area contributed by atoms with Crippen LogP contribution in [0.1, 0.15) is 19.8 Å². The van der Waals surface area contributed by atoms with Gasteiger partial charge in [0.1, 0.15) is 5.84 Å². The quantitative estimate of drug-likeness (QED) is 0.168. The number of hydrogen-bond donors (Lipinski definition) is 4. The zero-order valence-corrected chi connectivity index (χ0v) is 14.9. The zero-order valence-electron chi connectivity index (χ0n) is 14.9. The summed E-state index contributed by atoms with van der Waals surface area (Å²) in [6.45, 7) is 13.0. The molecule has 0 aromatic rings. The molecule has 0 unspecified atom stereocenters. The smallest absolute Gasteiger partial charge is 0.119 e. The van der Waals surface area contributed by atoms with E-state index in [1.54, 1.807) is 30.5 Å². The minimum absolute atomic E-state index is 0.404. The third-order valence-corrected chi connectivity index (χ3v) is 3.94. The van der Waals surface area contributed by atoms with E-state index in [2.05, 4.69) is 28.9 Å². The molecule has 5 N–H and O–H groups in total. The summed E-state index contributed by atoms with van der Waals surface area (Å²) in [6, 6.07) is 0. The molecule has 0 aromatic carbocycles. The summed E-state index contributed by atoms with van der Waals surface area (Å²) in [5.41, 5.74) is 1.55. The Kier molecular flexibility index (Phi) is 8.99. The maximum absolute atomic E-state index is 8.35. The number of rotatable bonds is 9. The average molecular weight is 333 g/mol. The van der Waals surface area contributed by atoms with E-state index in [1.807, 2.05) is 6.92 Å². The predicted molar refractivity (Wildman–Crippen MR) is 102 cm³/mol. The van der Waals surface area contributed by atoms with E-state index < -0.39 is 0 Å². The third-order valence-electron chi connectivity index (χ3n) is 3.94. The molecular weight excluding hydrogens is 302 g/mol. The lowest BCUT2D eigenvalue weighted by atomic mass is 9.98. The van der Waals surface area contributed by atoms with E-state index in [1.165, 1.54) is 17.9 Å². The van der Waals surface area contributed by atoms with Gasteiger partial charge in [0.15, 0.2) is 0 Å². The first-order valence-corrected chi connectivity index (χ1v) is 8.21. The van der Waals surface area contributed by atoms with Gasteiger partial charge in [0.25, 0.3) is 0 Å². The van der Waals surface area contributed by atoms with E-state index in [9.17, 15) is 0 Å². The molecule has 0 aliphatic carbocycles. The van der Waals surface area contributed by atoms with Gasteiger partial charge in [0, 0.05) is 31.3 Å². The van der Waals surface area contributed by atoms with Gasteiger partial charge in [0.2, 0.25) is 0 Å². The molecule has 134 valence electrons. The summed E-state index contributed by atoms with van der Waals surface area (Å²) in [4.78, 5) is 5.42. The standard InChI is InChI=1S/C17H31N7/c1-14(13-23(4)19)15(2)24(10-9-20-3)17(18)12-22-11-16-5-7-21-8-6-16/h9-10,13,16,18,21-22H,2-3,5-8,11-12,19H2,1,4H3/b10-9-,14-13+,18-17?. The van der Waals surface area contributed by atoms with E-state index in [4.69, 9.17) is 11.3 Å². The number of aliphatic imine (C=N–C) groups is 1. The fourth-order valence-corrected chi connectivity index (χ4v) is 2.59. The minimum atomic E-state index is 0.404. The van der Waals surface area contributed by atoms with E-state index in [0.717, 1.165) is 25.2 Å². The molecule has 0 saturated carbocycles. The SMILES string of the molecule is C=N/C=C\N(C(=C)/C(C)=C/N(C)N)C(=N)CNCC1CCNCC1. The number of nitrogens with one attached hydrogen (secondary N) is 3. The Balaban J connectivity index is 2.62. The second-order valence-electron chi connectivity index (χ2n) is 6.05. The summed E-state index contributed by atoms with van der Waals surface area (Å²) in [7, 11) is 1.74. The van der Waals surface area contributed by atoms with Crippen molar-refractivity contribution in [3.8, 4) is 0 Å². The van der Waals surface area contributed by atoms with Crippen molar-refractivity contribution in [2.24, 2.45) is 16.8 Å². The predicted octanol–water partition coefficient (Wildman–Crippen LogP) is 1.25. The maximum Gasteiger partial charge on any atom is 0.119 e. The first kappa shape index (κ1) is 20.1. The van der Waals surface area contributed by atoms with Gasteiger partial charge in [0.05, 0.1) is 6.54 Å². The summed E-state index contributed by atoms with van der Waals surface area (Å²) < 4.78 is 0. The molecule has 1 saturated heterocycles. The van der Waals surface area contributed by atoms with Gasteiger partial charge >= 0.3 is 0 Å². The number of nitrogens with two attached hydrogens (primary N) is 1. The molecule has 7 heteroatoms. The number of amidine groups is 1. The topological polar surface area (TPSA) is 92.8 Å². The van der Waals surface area contributed by atoms with Crippen LogP contribution >= 0.6 is 0 Å². The van der Waals surface area contributed by atoms with Crippen LogP contribution < -0.4 is 16.5 Å². The molecule has 7 nitrogen and oxygen atoms in total. The number of nitrogens with zero attached hydrogens (tertiary/aromatic N) is 3. The van der Waals surface area contributed by atoms with Crippen molar-refractivity contribution in [1.29, 1.82) is 5.41 Å². The number of piperidine rings is 1. The fraction of sp³-hybridized carbons (Fsp3) is 0.529. The monoisotopic (exact) mass is 333 g/mol. The van der Waals surface area contributed by atoms with Crippen molar-refractivity contribution < 1.29 is 0 Å². The van der Waals surface area contributed by atoms with Crippen molar-refractivity contribution in [3.63, 3.8) is 0 Å². The third kappa shape index (κ3) is 7.08. The molecule has 0 spiro atoms. The van der Waals surface area contributed by atoms with Crippen LogP contribution in [0.4, 0.5) is 0 Å². The van der Waals surface area contributed by atoms with Crippen molar-refractivity contribution in [2.45, 2.75) is 19.8 Å². The Hall–Kier alpha value is -1.96. The van der Waals surface area contributed by atoms with Crippen molar-refractivity contribution in [3.05, 3.63) is 36.4 Å². The Morgan fingerprint density at radius 2 is 2.12 bits per heavy atom. The van der Waals surface area contributed by atoms with Gasteiger partial charge < -0.3 is 20.5 Å². The number of hydrogen-bond acceptors (Lipinski definition) is 6. The van der Waals surface area contributed by atoms with Gasteiger partial charge in [-0.15, -0.1) is 0 Å². The van der Waals surface area contributed by atoms with Gasteiger partial charge in [-0.3, -0.25) is 10.4 Å². The van der Waals surface area contributed by atoms with Crippen molar-refractivity contribution in [2.75, 3.05) is 33.2 Å². The molecule has 1 aliphatic heterocycles. The highest BCUT2D eigenvalue weighted by molar-refractivity contribution is 5.84. The largest absolute Gasteiger partial charge is 0.321 e. The van der Waals surface area contributed by atoms with Gasteiger partial charge in [-0.2, -0.15) is 0 Å². The highest BCUT2D eigenvalue weighted by Gasteiger charge is 2.15. The molecule has 0 radical (unpaired) electrons. The summed E-state index contributed by atoms with van der Waals surface area (Å²) in [6.07, 6.45) is 7.37. The first-order chi connectivity index (χ1) is 11.5. The van der Waals surface area contributed by atoms with Gasteiger partial charge in [-0.25, -0.2) is 5.84 Å². The highest BCUT2D eigenvalue weighted by Crippen LogP contribution is 2.15. The first-order valence-electron chi connectivity index (χ1n) is 8.21. The Bertz CT molecular complexity index is 487. The lowest BCUT2D eigenvalue weighted by molar-refractivity contribution is 0.361. The summed E-state index contributed by atoms with van der Waals surface area (Å²) in [5.74, 6) is 6.73. The molecule has 0 atom stereocenters. The Morgan fingerprint density at radius 3 is 2.71 bits per heavy atom. The molecule has 1 rings (SSSR count). The van der Waals surface area contributed by atoms with Crippen LogP contribution in [0.5, 0.6) is 0 Å². The van der Waals surface area contributed by atoms with Gasteiger partial charge in [-0.05, 0) is 57.6 Å². The minimum Gasteiger partial charge on any atom is -0.321 e. The summed E-state index contributed by atoms with van der Waals surface area (Å²) in [5, 5.41) is 16.6. The lowest BCUT2D eigenvalue weighted by Crippen LogP contribution is -2.38. The lowest BCUT2D eigenvalue weighted by Gasteiger charge is -2.26. The number of allylic oxidation sites excluding steroid dienone is 1. The van der Waals surface area contributed by atoms with Crippen LogP contribution in [0.15, 0.2) is 41.4 Å². The highest BCUT2D eigenvalue weighted by atomic mass is 15.4. The van der Waals surface area contributed by atoms with Gasteiger partial charge in [-0.1, -0.05) is 6.58 Å². The second kappa shape index (κ2) is 10.7. The molecule has 0 bridgehead atoms. The van der Waals surface area contributed by atoms with Crippen molar-refractivity contribution in [1.82, 2.24) is 20.5 Å². The molecule has 1 heterocycles. The zero-order chi connectivity index (χ0) is 17.9. The molecule has 0 aromatic heterocycles. The number of hydrazine groups is 1. The van der Waals surface area contributed by atoms with Crippen LogP contribution in [0.25, 0.3) is 0 Å². The molecule has 24 heavy (non-hydrogen) atoms. The molecule has 1 fully saturated rings. The van der Waals surface area contributed by atoms with E-state index >= 15 is 0 Å². The van der Waals surface area contributed by atoms with E-state index in [-0.39, 0.29) is 0 Å². The van der Waals surface area contributed by atoms with Crippen LogP contribution in [-0.4, -0.2) is 55.7 Å². The van der Waals surface area contributed by atoms with Crippen molar-refractivity contribution >= 4 is 12.6 Å². The summed E-state index contributed by atoms with van der Waals surface area (Å²) >= 11 is 0. The van der Waals surface area contributed by atoms with Crippen LogP contribution in [-0.2, 0) is 0 Å². The fourth-order valence-electron chi connectivity index (χ4n) is 2.59. The average Bonchev–Trinajstić information content (AvgIpc) is 2.55. The normalized spacial score (nSPS) is 16.2. The molecule has 0 amide bonds. The Labute approximate surface area is 145 Å². The Morgan fingerprint density at radius 1 is 1.46 bits per heavy atom. The molecular formula is C17H31N7. The van der Waals surface area contributed by atoms with Crippen LogP contribution in [0, 0.1) is 11.3 Å². The van der Waals surface area contributed by atoms with Crippen LogP contribution in [0.2, 0.25) is 0 Å². The maximum atomic E-state index is 8.35. The molecule has 1 aliphatic rings.